The molecule has 0 spiro atoms. The molecule has 18 heavy (non-hydrogen) atoms. The van der Waals surface area contributed by atoms with Crippen LogP contribution in [0.5, 0.6) is 0 Å². The van der Waals surface area contributed by atoms with Crippen molar-refractivity contribution in [1.82, 2.24) is 19.6 Å². The second-order valence-corrected chi connectivity index (χ2v) is 4.72. The second kappa shape index (κ2) is 5.12. The van der Waals surface area contributed by atoms with Gasteiger partial charge in [-0.25, -0.2) is 0 Å². The van der Waals surface area contributed by atoms with E-state index in [4.69, 9.17) is 11.6 Å². The summed E-state index contributed by atoms with van der Waals surface area (Å²) in [4.78, 5) is 0. The molecular weight excluding hydrogens is 252 g/mol. The van der Waals surface area contributed by atoms with E-state index >= 15 is 0 Å². The van der Waals surface area contributed by atoms with Crippen molar-refractivity contribution in [1.29, 1.82) is 0 Å². The molecule has 5 nitrogen and oxygen atoms in total. The van der Waals surface area contributed by atoms with E-state index in [0.717, 1.165) is 24.2 Å². The molecule has 0 saturated carbocycles. The molecule has 0 aliphatic carbocycles. The van der Waals surface area contributed by atoms with Crippen molar-refractivity contribution < 1.29 is 5.11 Å². The first kappa shape index (κ1) is 13.1. The zero-order valence-corrected chi connectivity index (χ0v) is 11.5. The lowest BCUT2D eigenvalue weighted by Crippen LogP contribution is -2.11. The molecule has 0 bridgehead atoms. The molecule has 0 amide bonds. The molecule has 6 heteroatoms. The molecule has 0 radical (unpaired) electrons. The molecule has 1 N–H and O–H groups in total. The van der Waals surface area contributed by atoms with Gasteiger partial charge >= 0.3 is 0 Å². The molecule has 2 heterocycles. The molecule has 0 saturated heterocycles. The highest BCUT2D eigenvalue weighted by atomic mass is 35.5. The van der Waals surface area contributed by atoms with Gasteiger partial charge in [-0.1, -0.05) is 18.5 Å². The number of aliphatic hydroxyl groups excluding tert-OH is 1. The quantitative estimate of drug-likeness (QED) is 0.924. The average Bonchev–Trinajstić information content (AvgIpc) is 2.85. The van der Waals surface area contributed by atoms with Gasteiger partial charge in [0.05, 0.1) is 23.1 Å². The Bertz CT molecular complexity index is 546. The van der Waals surface area contributed by atoms with Gasteiger partial charge in [0, 0.05) is 24.8 Å². The fourth-order valence-corrected chi connectivity index (χ4v) is 2.21. The Morgan fingerprint density at radius 3 is 2.67 bits per heavy atom. The summed E-state index contributed by atoms with van der Waals surface area (Å²) in [5.74, 6) is 0. The summed E-state index contributed by atoms with van der Waals surface area (Å²) in [6, 6.07) is 0. The van der Waals surface area contributed by atoms with E-state index in [1.807, 2.05) is 14.0 Å². The maximum Gasteiger partial charge on any atom is 0.125 e. The third-order valence-electron chi connectivity index (χ3n) is 3.10. The first-order valence-electron chi connectivity index (χ1n) is 5.94. The van der Waals surface area contributed by atoms with Crippen LogP contribution in [0.4, 0.5) is 0 Å². The minimum absolute atomic E-state index is 0.485. The van der Waals surface area contributed by atoms with Crippen molar-refractivity contribution >= 4 is 11.6 Å². The predicted molar refractivity (Wildman–Crippen MR) is 69.5 cm³/mol. The standard InChI is InChI=1S/C12H17ClN4O/c1-4-5-17-11(10(13)7-15-17)12(18)9-6-14-16(3)8(9)2/h6-7,12,18H,4-5H2,1-3H3. The van der Waals surface area contributed by atoms with Crippen LogP contribution in [0.3, 0.4) is 0 Å². The van der Waals surface area contributed by atoms with Gasteiger partial charge in [-0.2, -0.15) is 10.2 Å². The molecule has 2 rings (SSSR count). The lowest BCUT2D eigenvalue weighted by Gasteiger charge is -2.13. The van der Waals surface area contributed by atoms with Crippen molar-refractivity contribution in [2.75, 3.05) is 0 Å². The Kier molecular flexibility index (Phi) is 3.73. The van der Waals surface area contributed by atoms with Crippen LogP contribution < -0.4 is 0 Å². The van der Waals surface area contributed by atoms with Crippen molar-refractivity contribution in [2.24, 2.45) is 7.05 Å². The van der Waals surface area contributed by atoms with Crippen LogP contribution in [0.15, 0.2) is 12.4 Å². The average molecular weight is 269 g/mol. The number of rotatable bonds is 4. The molecule has 0 fully saturated rings. The summed E-state index contributed by atoms with van der Waals surface area (Å²) in [6.07, 6.45) is 3.38. The summed E-state index contributed by atoms with van der Waals surface area (Å²) < 4.78 is 3.48. The normalized spacial score (nSPS) is 12.9. The lowest BCUT2D eigenvalue weighted by atomic mass is 10.1. The molecule has 1 unspecified atom stereocenters. The maximum atomic E-state index is 10.5. The van der Waals surface area contributed by atoms with Gasteiger partial charge in [0.1, 0.15) is 6.10 Å². The van der Waals surface area contributed by atoms with Crippen LogP contribution >= 0.6 is 11.6 Å². The van der Waals surface area contributed by atoms with Crippen LogP contribution in [0, 0.1) is 6.92 Å². The molecule has 2 aromatic rings. The summed E-state index contributed by atoms with van der Waals surface area (Å²) in [5.41, 5.74) is 2.31. The zero-order valence-electron chi connectivity index (χ0n) is 10.8. The highest BCUT2D eigenvalue weighted by Crippen LogP contribution is 2.29. The number of aliphatic hydroxyl groups is 1. The topological polar surface area (TPSA) is 55.9 Å². The van der Waals surface area contributed by atoms with Crippen LogP contribution in [0.25, 0.3) is 0 Å². The van der Waals surface area contributed by atoms with Crippen LogP contribution in [-0.4, -0.2) is 24.7 Å². The van der Waals surface area contributed by atoms with Gasteiger partial charge in [0.25, 0.3) is 0 Å². The molecule has 0 aliphatic rings. The van der Waals surface area contributed by atoms with Crippen molar-refractivity contribution in [3.05, 3.63) is 34.4 Å². The Labute approximate surface area is 111 Å². The Hall–Kier alpha value is -1.33. The van der Waals surface area contributed by atoms with Gasteiger partial charge in [-0.3, -0.25) is 9.36 Å². The fourth-order valence-electron chi connectivity index (χ4n) is 1.97. The minimum atomic E-state index is -0.791. The van der Waals surface area contributed by atoms with E-state index in [1.54, 1.807) is 21.8 Å². The molecular formula is C12H17ClN4O. The number of hydrogen-bond acceptors (Lipinski definition) is 3. The summed E-state index contributed by atoms with van der Waals surface area (Å²) >= 11 is 6.11. The van der Waals surface area contributed by atoms with E-state index in [1.165, 1.54) is 0 Å². The number of halogens is 1. The van der Waals surface area contributed by atoms with Crippen molar-refractivity contribution in [3.8, 4) is 0 Å². The molecule has 0 aromatic carbocycles. The first-order valence-corrected chi connectivity index (χ1v) is 6.31. The van der Waals surface area contributed by atoms with Gasteiger partial charge in [-0.05, 0) is 13.3 Å². The second-order valence-electron chi connectivity index (χ2n) is 4.31. The number of hydrogen-bond donors (Lipinski definition) is 1. The van der Waals surface area contributed by atoms with E-state index in [0.29, 0.717) is 10.7 Å². The third kappa shape index (κ3) is 2.15. The van der Waals surface area contributed by atoms with Gasteiger partial charge in [0.15, 0.2) is 0 Å². The lowest BCUT2D eigenvalue weighted by molar-refractivity contribution is 0.206. The van der Waals surface area contributed by atoms with Crippen molar-refractivity contribution in [2.45, 2.75) is 32.9 Å². The van der Waals surface area contributed by atoms with Gasteiger partial charge < -0.3 is 5.11 Å². The van der Waals surface area contributed by atoms with Crippen LogP contribution in [-0.2, 0) is 13.6 Å². The molecule has 1 atom stereocenters. The van der Waals surface area contributed by atoms with Gasteiger partial charge in [0.2, 0.25) is 0 Å². The summed E-state index contributed by atoms with van der Waals surface area (Å²) in [7, 11) is 1.84. The highest BCUT2D eigenvalue weighted by molar-refractivity contribution is 6.31. The number of aryl methyl sites for hydroxylation is 2. The Morgan fingerprint density at radius 1 is 1.39 bits per heavy atom. The maximum absolute atomic E-state index is 10.5. The van der Waals surface area contributed by atoms with E-state index in [2.05, 4.69) is 17.1 Å². The summed E-state index contributed by atoms with van der Waals surface area (Å²) in [6.45, 7) is 4.71. The zero-order chi connectivity index (χ0) is 13.3. The summed E-state index contributed by atoms with van der Waals surface area (Å²) in [5, 5.41) is 19.3. The number of aromatic nitrogens is 4. The minimum Gasteiger partial charge on any atom is -0.382 e. The molecule has 0 aliphatic heterocycles. The third-order valence-corrected chi connectivity index (χ3v) is 3.39. The SMILES string of the molecule is CCCn1ncc(Cl)c1C(O)c1cnn(C)c1C. The van der Waals surface area contributed by atoms with Crippen molar-refractivity contribution in [3.63, 3.8) is 0 Å². The Balaban J connectivity index is 2.42. The van der Waals surface area contributed by atoms with E-state index < -0.39 is 6.10 Å². The highest BCUT2D eigenvalue weighted by Gasteiger charge is 2.22. The first-order chi connectivity index (χ1) is 8.56. The fraction of sp³-hybridized carbons (Fsp3) is 0.500. The Morgan fingerprint density at radius 2 is 2.11 bits per heavy atom. The largest absolute Gasteiger partial charge is 0.382 e. The predicted octanol–water partition coefficient (Wildman–Crippen LogP) is 2.07. The number of nitrogens with zero attached hydrogens (tertiary/aromatic N) is 4. The van der Waals surface area contributed by atoms with Crippen LogP contribution in [0.2, 0.25) is 5.02 Å². The van der Waals surface area contributed by atoms with E-state index in [-0.39, 0.29) is 0 Å². The van der Waals surface area contributed by atoms with E-state index in [9.17, 15) is 5.11 Å². The molecule has 2 aromatic heterocycles. The van der Waals surface area contributed by atoms with Crippen LogP contribution in [0.1, 0.15) is 36.4 Å². The molecule has 98 valence electrons. The monoisotopic (exact) mass is 268 g/mol. The van der Waals surface area contributed by atoms with Gasteiger partial charge in [-0.15, -0.1) is 0 Å². The smallest absolute Gasteiger partial charge is 0.125 e.